The summed E-state index contributed by atoms with van der Waals surface area (Å²) in [5.41, 5.74) is 5.55. The highest BCUT2D eigenvalue weighted by Crippen LogP contribution is 2.21. The first kappa shape index (κ1) is 20.4. The number of imide groups is 1. The number of carbonyl (C=O) groups excluding carboxylic acids is 4. The van der Waals surface area contributed by atoms with Gasteiger partial charge < -0.3 is 20.5 Å². The monoisotopic (exact) mass is 385 g/mol. The van der Waals surface area contributed by atoms with Crippen LogP contribution in [0, 0.1) is 0 Å². The Kier molecular flexibility index (Phi) is 7.09. The molecule has 0 saturated heterocycles. The van der Waals surface area contributed by atoms with Crippen molar-refractivity contribution in [2.24, 2.45) is 5.73 Å². The third-order valence-electron chi connectivity index (χ3n) is 3.50. The van der Waals surface area contributed by atoms with Crippen LogP contribution >= 0.6 is 0 Å². The van der Waals surface area contributed by atoms with E-state index in [2.05, 4.69) is 10.6 Å². The van der Waals surface area contributed by atoms with Gasteiger partial charge in [0.1, 0.15) is 5.75 Å². The Morgan fingerprint density at radius 2 is 1.64 bits per heavy atom. The zero-order chi connectivity index (χ0) is 20.5. The number of esters is 1. The lowest BCUT2D eigenvalue weighted by atomic mass is 10.1. The number of hydrogen-bond acceptors (Lipinski definition) is 6. The molecule has 0 aliphatic carbocycles. The molecule has 0 fully saturated rings. The minimum Gasteiger partial charge on any atom is -0.484 e. The average molecular weight is 385 g/mol. The predicted octanol–water partition coefficient (Wildman–Crippen LogP) is 0.904. The molecule has 28 heavy (non-hydrogen) atoms. The van der Waals surface area contributed by atoms with Gasteiger partial charge in [0.2, 0.25) is 6.10 Å². The highest BCUT2D eigenvalue weighted by Gasteiger charge is 2.26. The number of primary amides is 1. The van der Waals surface area contributed by atoms with Gasteiger partial charge in [-0.3, -0.25) is 14.9 Å². The summed E-state index contributed by atoms with van der Waals surface area (Å²) in [6.07, 6.45) is -1.32. The molecule has 0 radical (unpaired) electrons. The Labute approximate surface area is 160 Å². The summed E-state index contributed by atoms with van der Waals surface area (Å²) >= 11 is 0. The molecule has 0 aromatic heterocycles. The second kappa shape index (κ2) is 9.72. The Bertz CT molecular complexity index is 852. The van der Waals surface area contributed by atoms with Crippen LogP contribution in [0.3, 0.4) is 0 Å². The van der Waals surface area contributed by atoms with E-state index in [0.29, 0.717) is 11.3 Å². The van der Waals surface area contributed by atoms with E-state index in [4.69, 9.17) is 15.2 Å². The van der Waals surface area contributed by atoms with E-state index < -0.39 is 29.9 Å². The highest BCUT2D eigenvalue weighted by molar-refractivity contribution is 5.99. The summed E-state index contributed by atoms with van der Waals surface area (Å²) in [4.78, 5) is 47.0. The third-order valence-corrected chi connectivity index (χ3v) is 3.50. The molecular weight excluding hydrogens is 366 g/mol. The molecule has 0 aliphatic rings. The van der Waals surface area contributed by atoms with Crippen molar-refractivity contribution in [2.75, 3.05) is 13.7 Å². The minimum atomic E-state index is -1.32. The average Bonchev–Trinajstić information content (AvgIpc) is 2.71. The molecule has 0 saturated carbocycles. The van der Waals surface area contributed by atoms with E-state index >= 15 is 0 Å². The van der Waals surface area contributed by atoms with Crippen molar-refractivity contribution < 1.29 is 28.7 Å². The summed E-state index contributed by atoms with van der Waals surface area (Å²) in [5, 5.41) is 4.35. The van der Waals surface area contributed by atoms with Crippen LogP contribution in [0.4, 0.5) is 4.79 Å². The van der Waals surface area contributed by atoms with Gasteiger partial charge in [-0.2, -0.15) is 0 Å². The van der Waals surface area contributed by atoms with Gasteiger partial charge in [-0.05, 0) is 24.3 Å². The number of nitrogens with two attached hydrogens (primary N) is 1. The maximum absolute atomic E-state index is 12.4. The molecule has 9 nitrogen and oxygen atoms in total. The molecule has 9 heteroatoms. The Balaban J connectivity index is 2.14. The summed E-state index contributed by atoms with van der Waals surface area (Å²) < 4.78 is 10.4. The summed E-state index contributed by atoms with van der Waals surface area (Å²) in [6, 6.07) is 13.3. The SMILES string of the molecule is CNC(=O)NC(=O)[C@H](OC(=O)c1ccc(OCC(N)=O)cc1)c1ccccc1. The molecule has 0 bridgehead atoms. The molecule has 2 rings (SSSR count). The quantitative estimate of drug-likeness (QED) is 0.606. The number of hydrogen-bond donors (Lipinski definition) is 3. The van der Waals surface area contributed by atoms with Crippen molar-refractivity contribution >= 4 is 23.8 Å². The molecule has 0 heterocycles. The van der Waals surface area contributed by atoms with Gasteiger partial charge in [-0.1, -0.05) is 30.3 Å². The van der Waals surface area contributed by atoms with Crippen LogP contribution in [0.25, 0.3) is 0 Å². The molecule has 146 valence electrons. The maximum Gasteiger partial charge on any atom is 0.339 e. The largest absolute Gasteiger partial charge is 0.484 e. The van der Waals surface area contributed by atoms with Crippen molar-refractivity contribution in [3.05, 3.63) is 65.7 Å². The van der Waals surface area contributed by atoms with Crippen LogP contribution in [0.2, 0.25) is 0 Å². The molecule has 0 spiro atoms. The molecule has 4 amide bonds. The zero-order valence-electron chi connectivity index (χ0n) is 15.0. The van der Waals surface area contributed by atoms with Crippen LogP contribution in [0.5, 0.6) is 5.75 Å². The lowest BCUT2D eigenvalue weighted by Gasteiger charge is -2.17. The molecular formula is C19H19N3O6. The molecule has 2 aromatic rings. The Morgan fingerprint density at radius 3 is 2.21 bits per heavy atom. The Hall–Kier alpha value is -3.88. The van der Waals surface area contributed by atoms with Crippen molar-refractivity contribution in [3.63, 3.8) is 0 Å². The van der Waals surface area contributed by atoms with Crippen molar-refractivity contribution in [3.8, 4) is 5.75 Å². The number of rotatable bonds is 7. The van der Waals surface area contributed by atoms with E-state index in [1.807, 2.05) is 0 Å². The Morgan fingerprint density at radius 1 is 1.00 bits per heavy atom. The first-order valence-corrected chi connectivity index (χ1v) is 8.20. The van der Waals surface area contributed by atoms with E-state index in [-0.39, 0.29) is 12.2 Å². The van der Waals surface area contributed by atoms with Crippen molar-refractivity contribution in [1.82, 2.24) is 10.6 Å². The summed E-state index contributed by atoms with van der Waals surface area (Å²) in [6.45, 7) is -0.292. The number of benzene rings is 2. The minimum absolute atomic E-state index is 0.153. The number of carbonyl (C=O) groups is 4. The molecule has 0 unspecified atom stereocenters. The summed E-state index contributed by atoms with van der Waals surface area (Å²) in [5.74, 6) is -1.86. The van der Waals surface area contributed by atoms with Gasteiger partial charge >= 0.3 is 12.0 Å². The van der Waals surface area contributed by atoms with Gasteiger partial charge in [0.05, 0.1) is 5.56 Å². The molecule has 4 N–H and O–H groups in total. The second-order valence-electron chi connectivity index (χ2n) is 5.54. The fraction of sp³-hybridized carbons (Fsp3) is 0.158. The van der Waals surface area contributed by atoms with E-state index in [1.165, 1.54) is 31.3 Å². The highest BCUT2D eigenvalue weighted by atomic mass is 16.5. The number of nitrogens with one attached hydrogen (secondary N) is 2. The lowest BCUT2D eigenvalue weighted by molar-refractivity contribution is -0.129. The van der Waals surface area contributed by atoms with Gasteiger partial charge in [0.25, 0.3) is 11.8 Å². The maximum atomic E-state index is 12.4. The van der Waals surface area contributed by atoms with Gasteiger partial charge in [0, 0.05) is 12.6 Å². The number of urea groups is 1. The molecule has 2 aromatic carbocycles. The first-order chi connectivity index (χ1) is 13.4. The standard InChI is InChI=1S/C19H19N3O6/c1-21-19(26)22-17(24)16(12-5-3-2-4-6-12)28-18(25)13-7-9-14(10-8-13)27-11-15(20)23/h2-10,16H,11H2,1H3,(H2,20,23)(H2,21,22,24,26)/t16-/m1/s1. The van der Waals surface area contributed by atoms with Crippen LogP contribution in [0.1, 0.15) is 22.0 Å². The topological polar surface area (TPSA) is 137 Å². The van der Waals surface area contributed by atoms with Gasteiger partial charge in [-0.15, -0.1) is 0 Å². The second-order valence-corrected chi connectivity index (χ2v) is 5.54. The third kappa shape index (κ3) is 5.84. The molecule has 1 atom stereocenters. The normalized spacial score (nSPS) is 11.0. The lowest BCUT2D eigenvalue weighted by Crippen LogP contribution is -2.41. The van der Waals surface area contributed by atoms with Crippen molar-refractivity contribution in [1.29, 1.82) is 0 Å². The van der Waals surface area contributed by atoms with Crippen molar-refractivity contribution in [2.45, 2.75) is 6.10 Å². The zero-order valence-corrected chi connectivity index (χ0v) is 15.0. The van der Waals surface area contributed by atoms with E-state index in [0.717, 1.165) is 0 Å². The number of ether oxygens (including phenoxy) is 2. The fourth-order valence-corrected chi connectivity index (χ4v) is 2.16. The van der Waals surface area contributed by atoms with E-state index in [1.54, 1.807) is 30.3 Å². The smallest absolute Gasteiger partial charge is 0.339 e. The van der Waals surface area contributed by atoms with Gasteiger partial charge in [0.15, 0.2) is 6.61 Å². The number of amides is 4. The first-order valence-electron chi connectivity index (χ1n) is 8.20. The molecule has 0 aliphatic heterocycles. The van der Waals surface area contributed by atoms with E-state index in [9.17, 15) is 19.2 Å². The van der Waals surface area contributed by atoms with Crippen LogP contribution in [-0.4, -0.2) is 37.5 Å². The van der Waals surface area contributed by atoms with Crippen LogP contribution in [-0.2, 0) is 14.3 Å². The van der Waals surface area contributed by atoms with Crippen LogP contribution in [0.15, 0.2) is 54.6 Å². The summed E-state index contributed by atoms with van der Waals surface area (Å²) in [7, 11) is 1.36. The van der Waals surface area contributed by atoms with Gasteiger partial charge in [-0.25, -0.2) is 9.59 Å². The van der Waals surface area contributed by atoms with Crippen LogP contribution < -0.4 is 21.1 Å². The predicted molar refractivity (Wildman–Crippen MR) is 98.3 cm³/mol. The fourth-order valence-electron chi connectivity index (χ4n) is 2.16.